The summed E-state index contributed by atoms with van der Waals surface area (Å²) in [6.07, 6.45) is 2.40. The van der Waals surface area contributed by atoms with E-state index in [0.717, 1.165) is 12.8 Å². The van der Waals surface area contributed by atoms with E-state index in [-0.39, 0.29) is 24.5 Å². The van der Waals surface area contributed by atoms with E-state index >= 15 is 0 Å². The van der Waals surface area contributed by atoms with E-state index in [9.17, 15) is 4.79 Å². The van der Waals surface area contributed by atoms with Crippen molar-refractivity contribution in [1.82, 2.24) is 5.32 Å². The summed E-state index contributed by atoms with van der Waals surface area (Å²) in [5.74, 6) is 0.618. The van der Waals surface area contributed by atoms with Crippen LogP contribution in [0.4, 0.5) is 0 Å². The quantitative estimate of drug-likeness (QED) is 0.682. The Bertz CT molecular complexity index is 176. The third-order valence-corrected chi connectivity index (χ3v) is 2.93. The minimum atomic E-state index is 0.100. The van der Waals surface area contributed by atoms with E-state index in [4.69, 9.17) is 5.11 Å². The Kier molecular flexibility index (Phi) is 7.39. The molecule has 0 fully saturated rings. The van der Waals surface area contributed by atoms with Crippen molar-refractivity contribution in [3.8, 4) is 0 Å². The van der Waals surface area contributed by atoms with Crippen LogP contribution in [0.25, 0.3) is 0 Å². The molecular formula is C12H25NO2. The molecule has 3 heteroatoms. The summed E-state index contributed by atoms with van der Waals surface area (Å²) in [6.45, 7) is 8.32. The number of hydrogen-bond acceptors (Lipinski definition) is 2. The van der Waals surface area contributed by atoms with Crippen LogP contribution in [0.15, 0.2) is 0 Å². The van der Waals surface area contributed by atoms with E-state index in [1.165, 1.54) is 0 Å². The van der Waals surface area contributed by atoms with Crippen molar-refractivity contribution in [2.24, 2.45) is 11.8 Å². The van der Waals surface area contributed by atoms with Gasteiger partial charge in [0.15, 0.2) is 0 Å². The lowest BCUT2D eigenvalue weighted by molar-refractivity contribution is -0.126. The van der Waals surface area contributed by atoms with E-state index < -0.39 is 0 Å². The van der Waals surface area contributed by atoms with Crippen LogP contribution in [-0.4, -0.2) is 23.7 Å². The summed E-state index contributed by atoms with van der Waals surface area (Å²) in [5.41, 5.74) is 0. The van der Waals surface area contributed by atoms with Crippen LogP contribution in [0.3, 0.4) is 0 Å². The molecule has 0 radical (unpaired) electrons. The van der Waals surface area contributed by atoms with Gasteiger partial charge in [0.05, 0.1) is 0 Å². The third-order valence-electron chi connectivity index (χ3n) is 2.93. The van der Waals surface area contributed by atoms with Gasteiger partial charge < -0.3 is 10.4 Å². The average molecular weight is 215 g/mol. The molecule has 0 spiro atoms. The van der Waals surface area contributed by atoms with Crippen molar-refractivity contribution in [3.63, 3.8) is 0 Å². The summed E-state index contributed by atoms with van der Waals surface area (Å²) in [4.78, 5) is 11.8. The molecule has 0 aromatic carbocycles. The van der Waals surface area contributed by atoms with Crippen molar-refractivity contribution in [2.45, 2.75) is 53.0 Å². The van der Waals surface area contributed by atoms with Crippen LogP contribution in [0, 0.1) is 11.8 Å². The van der Waals surface area contributed by atoms with Gasteiger partial charge in [-0.05, 0) is 25.2 Å². The van der Waals surface area contributed by atoms with Gasteiger partial charge in [0.1, 0.15) is 0 Å². The molecule has 15 heavy (non-hydrogen) atoms. The first-order valence-electron chi connectivity index (χ1n) is 5.97. The van der Waals surface area contributed by atoms with Crippen LogP contribution >= 0.6 is 0 Å². The molecule has 0 bridgehead atoms. The van der Waals surface area contributed by atoms with E-state index in [0.29, 0.717) is 12.3 Å². The standard InChI is InChI=1S/C12H25NO2/c1-5-10(6-2)12(15)13-11(7-8-14)9(3)4/h9-11,14H,5-8H2,1-4H3,(H,13,15). The van der Waals surface area contributed by atoms with Gasteiger partial charge in [0.2, 0.25) is 5.91 Å². The van der Waals surface area contributed by atoms with Gasteiger partial charge in [-0.15, -0.1) is 0 Å². The number of aliphatic hydroxyl groups excluding tert-OH is 1. The lowest BCUT2D eigenvalue weighted by Gasteiger charge is -2.24. The smallest absolute Gasteiger partial charge is 0.223 e. The first-order chi connectivity index (χ1) is 7.06. The number of carbonyl (C=O) groups is 1. The molecule has 3 nitrogen and oxygen atoms in total. The van der Waals surface area contributed by atoms with Crippen LogP contribution in [-0.2, 0) is 4.79 Å². The van der Waals surface area contributed by atoms with Crippen molar-refractivity contribution in [2.75, 3.05) is 6.61 Å². The number of rotatable bonds is 7. The second-order valence-corrected chi connectivity index (χ2v) is 4.38. The Labute approximate surface area is 93.3 Å². The molecule has 0 aromatic heterocycles. The molecule has 0 aliphatic heterocycles. The fourth-order valence-corrected chi connectivity index (χ4v) is 1.67. The number of hydrogen-bond donors (Lipinski definition) is 2. The average Bonchev–Trinajstić information content (AvgIpc) is 2.18. The predicted molar refractivity (Wildman–Crippen MR) is 62.5 cm³/mol. The predicted octanol–water partition coefficient (Wildman–Crippen LogP) is 1.95. The van der Waals surface area contributed by atoms with Crippen molar-refractivity contribution in [3.05, 3.63) is 0 Å². The maximum absolute atomic E-state index is 11.8. The number of nitrogens with one attached hydrogen (secondary N) is 1. The minimum Gasteiger partial charge on any atom is -0.396 e. The second kappa shape index (κ2) is 7.69. The molecule has 0 aliphatic rings. The van der Waals surface area contributed by atoms with Gasteiger partial charge in [-0.2, -0.15) is 0 Å². The van der Waals surface area contributed by atoms with Gasteiger partial charge >= 0.3 is 0 Å². The Hall–Kier alpha value is -0.570. The first-order valence-corrected chi connectivity index (χ1v) is 5.97. The fraction of sp³-hybridized carbons (Fsp3) is 0.917. The Morgan fingerprint density at radius 2 is 1.80 bits per heavy atom. The molecular weight excluding hydrogens is 190 g/mol. The minimum absolute atomic E-state index is 0.100. The highest BCUT2D eigenvalue weighted by Gasteiger charge is 2.20. The summed E-state index contributed by atoms with van der Waals surface area (Å²) in [6, 6.07) is 0.100. The molecule has 0 rings (SSSR count). The lowest BCUT2D eigenvalue weighted by Crippen LogP contribution is -2.42. The maximum Gasteiger partial charge on any atom is 0.223 e. The topological polar surface area (TPSA) is 49.3 Å². The maximum atomic E-state index is 11.8. The largest absolute Gasteiger partial charge is 0.396 e. The van der Waals surface area contributed by atoms with Crippen molar-refractivity contribution >= 4 is 5.91 Å². The van der Waals surface area contributed by atoms with Crippen LogP contribution in [0.2, 0.25) is 0 Å². The second-order valence-electron chi connectivity index (χ2n) is 4.38. The number of amides is 1. The van der Waals surface area contributed by atoms with Gasteiger partial charge in [0, 0.05) is 18.6 Å². The Balaban J connectivity index is 4.20. The van der Waals surface area contributed by atoms with E-state index in [1.807, 2.05) is 13.8 Å². The van der Waals surface area contributed by atoms with Crippen LogP contribution in [0.1, 0.15) is 47.0 Å². The lowest BCUT2D eigenvalue weighted by atomic mass is 9.98. The number of aliphatic hydroxyl groups is 1. The van der Waals surface area contributed by atoms with E-state index in [2.05, 4.69) is 19.2 Å². The van der Waals surface area contributed by atoms with Gasteiger partial charge in [0.25, 0.3) is 0 Å². The summed E-state index contributed by atoms with van der Waals surface area (Å²) < 4.78 is 0. The summed E-state index contributed by atoms with van der Waals surface area (Å²) in [5, 5.41) is 11.9. The highest BCUT2D eigenvalue weighted by Crippen LogP contribution is 2.11. The zero-order valence-corrected chi connectivity index (χ0v) is 10.4. The SMILES string of the molecule is CCC(CC)C(=O)NC(CCO)C(C)C. The zero-order valence-electron chi connectivity index (χ0n) is 10.4. The molecule has 90 valence electrons. The molecule has 0 aromatic rings. The molecule has 0 saturated carbocycles. The van der Waals surface area contributed by atoms with Gasteiger partial charge in [-0.3, -0.25) is 4.79 Å². The molecule has 1 atom stereocenters. The summed E-state index contributed by atoms with van der Waals surface area (Å²) in [7, 11) is 0. The first kappa shape index (κ1) is 14.4. The molecule has 1 amide bonds. The zero-order chi connectivity index (χ0) is 11.8. The van der Waals surface area contributed by atoms with Gasteiger partial charge in [-0.25, -0.2) is 0 Å². The fourth-order valence-electron chi connectivity index (χ4n) is 1.67. The Morgan fingerprint density at radius 3 is 2.13 bits per heavy atom. The highest BCUT2D eigenvalue weighted by molar-refractivity contribution is 5.78. The highest BCUT2D eigenvalue weighted by atomic mass is 16.3. The molecule has 0 saturated heterocycles. The Morgan fingerprint density at radius 1 is 1.27 bits per heavy atom. The normalized spacial score (nSPS) is 13.3. The molecule has 0 aliphatic carbocycles. The van der Waals surface area contributed by atoms with Crippen LogP contribution < -0.4 is 5.32 Å². The van der Waals surface area contributed by atoms with Gasteiger partial charge in [-0.1, -0.05) is 27.7 Å². The molecule has 2 N–H and O–H groups in total. The van der Waals surface area contributed by atoms with E-state index in [1.54, 1.807) is 0 Å². The van der Waals surface area contributed by atoms with Crippen LogP contribution in [0.5, 0.6) is 0 Å². The third kappa shape index (κ3) is 5.17. The molecule has 1 unspecified atom stereocenters. The van der Waals surface area contributed by atoms with Crippen molar-refractivity contribution in [1.29, 1.82) is 0 Å². The number of carbonyl (C=O) groups excluding carboxylic acids is 1. The molecule has 0 heterocycles. The van der Waals surface area contributed by atoms with Crippen molar-refractivity contribution < 1.29 is 9.90 Å². The summed E-state index contributed by atoms with van der Waals surface area (Å²) >= 11 is 0. The monoisotopic (exact) mass is 215 g/mol.